The van der Waals surface area contributed by atoms with Crippen molar-refractivity contribution in [2.45, 2.75) is 6.54 Å². The van der Waals surface area contributed by atoms with E-state index in [4.69, 9.17) is 21.4 Å². The number of ether oxygens (including phenoxy) is 1. The second-order valence-electron chi connectivity index (χ2n) is 6.01. The number of fused-ring (bicyclic) bond motifs is 1. The smallest absolute Gasteiger partial charge is 0.162 e. The summed E-state index contributed by atoms with van der Waals surface area (Å²) in [5, 5.41) is 9.68. The largest absolute Gasteiger partial charge is 0.497 e. The number of nitrogens with zero attached hydrogens (tertiary/aromatic N) is 3. The van der Waals surface area contributed by atoms with Gasteiger partial charge in [-0.3, -0.25) is 0 Å². The van der Waals surface area contributed by atoms with E-state index in [1.165, 1.54) is 0 Å². The minimum Gasteiger partial charge on any atom is -0.497 e. The maximum absolute atomic E-state index is 6.10. The number of halogens is 2. The standard InChI is InChI=1S/C20H16BrClN4O/c1-27-17-7-5-13(6-8-17)12-26-20-18(9-14(21)11-23-20)19(25-26)24-16-4-2-3-15(22)10-16/h2-11H,12H2,1H3,(H,24,25). The zero-order chi connectivity index (χ0) is 18.8. The molecule has 0 bridgehead atoms. The molecule has 0 atom stereocenters. The van der Waals surface area contributed by atoms with Gasteiger partial charge in [0, 0.05) is 21.4 Å². The average Bonchev–Trinajstić information content (AvgIpc) is 2.99. The molecule has 0 aliphatic rings. The first kappa shape index (κ1) is 17.8. The molecule has 2 aromatic heterocycles. The molecule has 0 radical (unpaired) electrons. The van der Waals surface area contributed by atoms with Crippen LogP contribution in [0.3, 0.4) is 0 Å². The van der Waals surface area contributed by atoms with Crippen LogP contribution < -0.4 is 10.1 Å². The van der Waals surface area contributed by atoms with Crippen LogP contribution in [0, 0.1) is 0 Å². The predicted octanol–water partition coefficient (Wildman–Crippen LogP) is 5.65. The van der Waals surface area contributed by atoms with E-state index < -0.39 is 0 Å². The summed E-state index contributed by atoms with van der Waals surface area (Å²) in [6.45, 7) is 0.604. The molecule has 4 aromatic rings. The van der Waals surface area contributed by atoms with Gasteiger partial charge in [0.2, 0.25) is 0 Å². The Hall–Kier alpha value is -2.57. The number of nitrogens with one attached hydrogen (secondary N) is 1. The van der Waals surface area contributed by atoms with Gasteiger partial charge in [-0.25, -0.2) is 9.67 Å². The van der Waals surface area contributed by atoms with Crippen LogP contribution in [-0.4, -0.2) is 21.9 Å². The summed E-state index contributed by atoms with van der Waals surface area (Å²) in [7, 11) is 1.66. The molecule has 0 aliphatic heterocycles. The van der Waals surface area contributed by atoms with E-state index in [0.717, 1.165) is 38.3 Å². The molecule has 0 saturated carbocycles. The highest BCUT2D eigenvalue weighted by Crippen LogP contribution is 2.28. The van der Waals surface area contributed by atoms with Gasteiger partial charge in [-0.1, -0.05) is 29.8 Å². The predicted molar refractivity (Wildman–Crippen MR) is 112 cm³/mol. The molecule has 0 aliphatic carbocycles. The van der Waals surface area contributed by atoms with Crippen molar-refractivity contribution in [3.05, 3.63) is 75.9 Å². The van der Waals surface area contributed by atoms with Gasteiger partial charge in [-0.05, 0) is 57.9 Å². The van der Waals surface area contributed by atoms with Crippen molar-refractivity contribution in [3.63, 3.8) is 0 Å². The molecular formula is C20H16BrClN4O. The fourth-order valence-corrected chi connectivity index (χ4v) is 3.36. The second kappa shape index (κ2) is 7.58. The van der Waals surface area contributed by atoms with Crippen LogP contribution in [0.1, 0.15) is 5.56 Å². The van der Waals surface area contributed by atoms with Gasteiger partial charge in [-0.15, -0.1) is 0 Å². The van der Waals surface area contributed by atoms with Gasteiger partial charge in [0.25, 0.3) is 0 Å². The Morgan fingerprint density at radius 2 is 1.96 bits per heavy atom. The Kier molecular flexibility index (Phi) is 5.01. The fourth-order valence-electron chi connectivity index (χ4n) is 2.84. The highest BCUT2D eigenvalue weighted by Gasteiger charge is 2.13. The number of hydrogen-bond donors (Lipinski definition) is 1. The van der Waals surface area contributed by atoms with E-state index in [1.54, 1.807) is 13.3 Å². The van der Waals surface area contributed by atoms with Crippen LogP contribution in [0.15, 0.2) is 65.3 Å². The molecule has 5 nitrogen and oxygen atoms in total. The van der Waals surface area contributed by atoms with Gasteiger partial charge in [0.05, 0.1) is 19.0 Å². The average molecular weight is 444 g/mol. The monoisotopic (exact) mass is 442 g/mol. The van der Waals surface area contributed by atoms with Crippen LogP contribution >= 0.6 is 27.5 Å². The molecule has 0 saturated heterocycles. The number of rotatable bonds is 5. The molecule has 2 heterocycles. The molecule has 0 fully saturated rings. The summed E-state index contributed by atoms with van der Waals surface area (Å²) >= 11 is 9.59. The van der Waals surface area contributed by atoms with Crippen LogP contribution in [0.5, 0.6) is 5.75 Å². The quantitative estimate of drug-likeness (QED) is 0.433. The van der Waals surface area contributed by atoms with E-state index in [-0.39, 0.29) is 0 Å². The minimum atomic E-state index is 0.604. The number of anilines is 2. The van der Waals surface area contributed by atoms with Crippen molar-refractivity contribution in [2.75, 3.05) is 12.4 Å². The Labute approximate surface area is 170 Å². The van der Waals surface area contributed by atoms with Crippen LogP contribution in [0.25, 0.3) is 11.0 Å². The van der Waals surface area contributed by atoms with E-state index in [9.17, 15) is 0 Å². The zero-order valence-corrected chi connectivity index (χ0v) is 16.8. The lowest BCUT2D eigenvalue weighted by Gasteiger charge is -2.05. The van der Waals surface area contributed by atoms with Crippen molar-refractivity contribution in [1.82, 2.24) is 14.8 Å². The summed E-state index contributed by atoms with van der Waals surface area (Å²) in [5.41, 5.74) is 2.79. The maximum atomic E-state index is 6.10. The lowest BCUT2D eigenvalue weighted by atomic mass is 10.2. The number of aromatic nitrogens is 3. The summed E-state index contributed by atoms with van der Waals surface area (Å²) in [6, 6.07) is 17.5. The van der Waals surface area contributed by atoms with Gasteiger partial charge in [-0.2, -0.15) is 5.10 Å². The molecule has 136 valence electrons. The summed E-state index contributed by atoms with van der Waals surface area (Å²) in [6.07, 6.45) is 1.78. The first-order valence-corrected chi connectivity index (χ1v) is 9.47. The molecule has 27 heavy (non-hydrogen) atoms. The first-order chi connectivity index (χ1) is 13.1. The first-order valence-electron chi connectivity index (χ1n) is 8.30. The van der Waals surface area contributed by atoms with Crippen molar-refractivity contribution in [2.24, 2.45) is 0 Å². The Morgan fingerprint density at radius 3 is 2.70 bits per heavy atom. The number of benzene rings is 2. The molecule has 0 unspecified atom stereocenters. The molecular weight excluding hydrogens is 428 g/mol. The fraction of sp³-hybridized carbons (Fsp3) is 0.100. The highest BCUT2D eigenvalue weighted by molar-refractivity contribution is 9.10. The molecule has 4 rings (SSSR count). The molecule has 2 aromatic carbocycles. The number of pyridine rings is 1. The van der Waals surface area contributed by atoms with Crippen LogP contribution in [0.2, 0.25) is 5.02 Å². The second-order valence-corrected chi connectivity index (χ2v) is 7.37. The third-order valence-electron chi connectivity index (χ3n) is 4.13. The van der Waals surface area contributed by atoms with Crippen LogP contribution in [0.4, 0.5) is 11.5 Å². The van der Waals surface area contributed by atoms with E-state index in [0.29, 0.717) is 11.6 Å². The lowest BCUT2D eigenvalue weighted by Crippen LogP contribution is -2.03. The van der Waals surface area contributed by atoms with Crippen molar-refractivity contribution in [3.8, 4) is 5.75 Å². The van der Waals surface area contributed by atoms with Crippen molar-refractivity contribution < 1.29 is 4.74 Å². The van der Waals surface area contributed by atoms with Gasteiger partial charge in [0.1, 0.15) is 5.75 Å². The number of methoxy groups -OCH3 is 1. The molecule has 0 spiro atoms. The van der Waals surface area contributed by atoms with Crippen LogP contribution in [-0.2, 0) is 6.54 Å². The van der Waals surface area contributed by atoms with Crippen molar-refractivity contribution >= 4 is 50.1 Å². The van der Waals surface area contributed by atoms with Gasteiger partial charge < -0.3 is 10.1 Å². The summed E-state index contributed by atoms with van der Waals surface area (Å²) in [4.78, 5) is 4.55. The van der Waals surface area contributed by atoms with E-state index >= 15 is 0 Å². The molecule has 7 heteroatoms. The topological polar surface area (TPSA) is 52.0 Å². The Morgan fingerprint density at radius 1 is 1.15 bits per heavy atom. The van der Waals surface area contributed by atoms with Crippen molar-refractivity contribution in [1.29, 1.82) is 0 Å². The Balaban J connectivity index is 1.72. The lowest BCUT2D eigenvalue weighted by molar-refractivity contribution is 0.414. The normalized spacial score (nSPS) is 10.9. The third-order valence-corrected chi connectivity index (χ3v) is 4.80. The summed E-state index contributed by atoms with van der Waals surface area (Å²) in [5.74, 6) is 1.56. The molecule has 0 amide bonds. The Bertz CT molecular complexity index is 1100. The highest BCUT2D eigenvalue weighted by atomic mass is 79.9. The molecule has 1 N–H and O–H groups in total. The van der Waals surface area contributed by atoms with Gasteiger partial charge in [0.15, 0.2) is 11.5 Å². The van der Waals surface area contributed by atoms with Gasteiger partial charge >= 0.3 is 0 Å². The SMILES string of the molecule is COc1ccc(Cn2nc(Nc3cccc(Cl)c3)c3cc(Br)cnc32)cc1. The van der Waals surface area contributed by atoms with E-state index in [2.05, 4.69) is 26.2 Å². The van der Waals surface area contributed by atoms with E-state index in [1.807, 2.05) is 59.3 Å². The minimum absolute atomic E-state index is 0.604. The third kappa shape index (κ3) is 3.91. The number of hydrogen-bond acceptors (Lipinski definition) is 4. The maximum Gasteiger partial charge on any atom is 0.162 e. The zero-order valence-electron chi connectivity index (χ0n) is 14.5. The summed E-state index contributed by atoms with van der Waals surface area (Å²) < 4.78 is 8.00.